The summed E-state index contributed by atoms with van der Waals surface area (Å²) in [7, 11) is 7.01. The average molecular weight is 589 g/mol. The van der Waals surface area contributed by atoms with Crippen molar-refractivity contribution >= 4 is 22.9 Å². The number of hydrogen-bond donors (Lipinski definition) is 1. The fourth-order valence-corrected chi connectivity index (χ4v) is 5.01. The van der Waals surface area contributed by atoms with Gasteiger partial charge in [0.2, 0.25) is 11.8 Å². The smallest absolute Gasteiger partial charge is 0.411 e. The first-order valence-electron chi connectivity index (χ1n) is 13.8. The van der Waals surface area contributed by atoms with E-state index in [0.29, 0.717) is 70.8 Å². The average Bonchev–Trinajstić information content (AvgIpc) is 3.68. The number of fused-ring (bicyclic) bond motifs is 1. The Labute approximate surface area is 249 Å². The van der Waals surface area contributed by atoms with Gasteiger partial charge in [-0.3, -0.25) is 4.90 Å². The zero-order chi connectivity index (χ0) is 30.9. The predicted molar refractivity (Wildman–Crippen MR) is 158 cm³/mol. The lowest BCUT2D eigenvalue weighted by Crippen LogP contribution is -2.37. The molecular formula is C30H36N8O5. The third-order valence-electron chi connectivity index (χ3n) is 6.85. The minimum atomic E-state index is -0.683. The number of likely N-dealkylation sites (tertiary alicyclic amines) is 1. The van der Waals surface area contributed by atoms with Crippen LogP contribution in [0.15, 0.2) is 35.1 Å². The van der Waals surface area contributed by atoms with Gasteiger partial charge >= 0.3 is 6.09 Å². The molecule has 3 aromatic heterocycles. The molecule has 13 nitrogen and oxygen atoms in total. The highest BCUT2D eigenvalue weighted by molar-refractivity contribution is 5.92. The van der Waals surface area contributed by atoms with Gasteiger partial charge in [0.05, 0.1) is 37.8 Å². The first kappa shape index (κ1) is 29.7. The zero-order valence-electron chi connectivity index (χ0n) is 25.4. The van der Waals surface area contributed by atoms with Crippen LogP contribution in [-0.2, 0) is 11.3 Å². The number of ether oxygens (including phenoxy) is 3. The maximum absolute atomic E-state index is 13.4. The predicted octanol–water partition coefficient (Wildman–Crippen LogP) is 3.80. The highest BCUT2D eigenvalue weighted by Gasteiger charge is 2.42. The van der Waals surface area contributed by atoms with E-state index in [2.05, 4.69) is 32.0 Å². The van der Waals surface area contributed by atoms with Crippen LogP contribution in [0.5, 0.6) is 11.5 Å². The second-order valence-corrected chi connectivity index (χ2v) is 11.6. The number of carbonyl (C=O) groups excluding carboxylic acids is 1. The number of aromatic nitrogens is 5. The zero-order valence-corrected chi connectivity index (χ0v) is 25.4. The highest BCUT2D eigenvalue weighted by atomic mass is 16.6. The Bertz CT molecular complexity index is 1670. The number of methoxy groups -OCH3 is 2. The van der Waals surface area contributed by atoms with E-state index in [9.17, 15) is 4.79 Å². The number of carbonyl (C=O) groups is 1. The van der Waals surface area contributed by atoms with E-state index < -0.39 is 17.7 Å². The SMILES string of the molecule is COc1cc(C#Cc2cn(C3CC(c4nnc(CN(C)C)o4)N(C(=O)OC(C)(C)C)C3)c3ncnc(N)c23)cc(OC)c1. The van der Waals surface area contributed by atoms with Crippen molar-refractivity contribution in [2.45, 2.75) is 51.4 Å². The maximum atomic E-state index is 13.4. The van der Waals surface area contributed by atoms with E-state index in [-0.39, 0.29) is 6.04 Å². The Morgan fingerprint density at radius 1 is 1.12 bits per heavy atom. The fraction of sp³-hybridized carbons (Fsp3) is 0.433. The van der Waals surface area contributed by atoms with Crippen LogP contribution in [0, 0.1) is 11.8 Å². The molecule has 1 fully saturated rings. The summed E-state index contributed by atoms with van der Waals surface area (Å²) in [5.74, 6) is 8.79. The summed E-state index contributed by atoms with van der Waals surface area (Å²) in [6.07, 6.45) is 3.33. The number of benzene rings is 1. The van der Waals surface area contributed by atoms with Crippen LogP contribution < -0.4 is 15.2 Å². The molecule has 226 valence electrons. The van der Waals surface area contributed by atoms with Gasteiger partial charge in [-0.05, 0) is 53.4 Å². The third kappa shape index (κ3) is 6.49. The lowest BCUT2D eigenvalue weighted by molar-refractivity contribution is 0.0199. The summed E-state index contributed by atoms with van der Waals surface area (Å²) in [6, 6.07) is 4.71. The molecular weight excluding hydrogens is 552 g/mol. The highest BCUT2D eigenvalue weighted by Crippen LogP contribution is 2.40. The molecule has 4 aromatic rings. The van der Waals surface area contributed by atoms with Crippen LogP contribution in [0.1, 0.15) is 62.2 Å². The molecule has 1 aliphatic rings. The van der Waals surface area contributed by atoms with Crippen molar-refractivity contribution in [2.24, 2.45) is 0 Å². The Kier molecular flexibility index (Phi) is 8.14. The Hall–Kier alpha value is -4.83. The quantitative estimate of drug-likeness (QED) is 0.328. The molecule has 2 atom stereocenters. The van der Waals surface area contributed by atoms with Crippen molar-refractivity contribution in [1.82, 2.24) is 34.5 Å². The van der Waals surface area contributed by atoms with Crippen molar-refractivity contribution < 1.29 is 23.4 Å². The summed E-state index contributed by atoms with van der Waals surface area (Å²) < 4.78 is 24.5. The molecule has 0 spiro atoms. The van der Waals surface area contributed by atoms with Crippen LogP contribution in [0.4, 0.5) is 10.6 Å². The van der Waals surface area contributed by atoms with Gasteiger partial charge in [-0.15, -0.1) is 10.2 Å². The van der Waals surface area contributed by atoms with Crippen molar-refractivity contribution in [1.29, 1.82) is 0 Å². The number of anilines is 1. The lowest BCUT2D eigenvalue weighted by atomic mass is 10.1. The normalized spacial score (nSPS) is 16.8. The summed E-state index contributed by atoms with van der Waals surface area (Å²) in [4.78, 5) is 25.7. The topological polar surface area (TPSA) is 147 Å². The summed E-state index contributed by atoms with van der Waals surface area (Å²) in [6.45, 7) is 6.29. The number of hydrogen-bond acceptors (Lipinski definition) is 11. The monoisotopic (exact) mass is 588 g/mol. The molecule has 2 N–H and O–H groups in total. The van der Waals surface area contributed by atoms with Crippen LogP contribution in [0.3, 0.4) is 0 Å². The van der Waals surface area contributed by atoms with E-state index in [0.717, 1.165) is 0 Å². The van der Waals surface area contributed by atoms with Gasteiger partial charge in [0.15, 0.2) is 0 Å². The van der Waals surface area contributed by atoms with Gasteiger partial charge in [-0.1, -0.05) is 11.8 Å². The molecule has 1 aromatic carbocycles. The molecule has 13 heteroatoms. The molecule has 1 aliphatic heterocycles. The van der Waals surface area contributed by atoms with Crippen molar-refractivity contribution in [3.63, 3.8) is 0 Å². The molecule has 43 heavy (non-hydrogen) atoms. The van der Waals surface area contributed by atoms with E-state index in [1.165, 1.54) is 6.33 Å². The fourth-order valence-electron chi connectivity index (χ4n) is 5.01. The Balaban J connectivity index is 1.54. The van der Waals surface area contributed by atoms with Crippen molar-refractivity contribution in [2.75, 3.05) is 40.6 Å². The second kappa shape index (κ2) is 11.8. The summed E-state index contributed by atoms with van der Waals surface area (Å²) >= 11 is 0. The summed E-state index contributed by atoms with van der Waals surface area (Å²) in [5.41, 5.74) is 7.61. The molecule has 4 heterocycles. The Morgan fingerprint density at radius 3 is 2.49 bits per heavy atom. The lowest BCUT2D eigenvalue weighted by Gasteiger charge is -2.27. The standard InChI is InChI=1S/C30H36N8O5/c1-30(2,3)43-29(39)38-15-20(12-23(38)28-35-34-24(42-28)16-36(4)5)37-14-19(25-26(31)32-17-33-27(25)37)9-8-18-10-21(40-6)13-22(11-18)41-7/h10-11,13-14,17,20,23H,12,15-16H2,1-7H3,(H2,31,32,33). The van der Waals surface area contributed by atoms with Crippen LogP contribution >= 0.6 is 0 Å². The third-order valence-corrected chi connectivity index (χ3v) is 6.85. The van der Waals surface area contributed by atoms with Crippen LogP contribution in [0.25, 0.3) is 11.0 Å². The van der Waals surface area contributed by atoms with E-state index in [4.69, 9.17) is 24.4 Å². The first-order valence-corrected chi connectivity index (χ1v) is 13.8. The van der Waals surface area contributed by atoms with Gasteiger partial charge in [0.25, 0.3) is 0 Å². The van der Waals surface area contributed by atoms with Crippen LogP contribution in [0.2, 0.25) is 0 Å². The molecule has 2 unspecified atom stereocenters. The molecule has 0 aliphatic carbocycles. The molecule has 0 bridgehead atoms. The molecule has 1 saturated heterocycles. The minimum absolute atomic E-state index is 0.217. The van der Waals surface area contributed by atoms with E-state index in [1.54, 1.807) is 25.2 Å². The molecule has 0 saturated carbocycles. The first-order chi connectivity index (χ1) is 20.5. The number of nitrogens with zero attached hydrogens (tertiary/aromatic N) is 7. The summed E-state index contributed by atoms with van der Waals surface area (Å²) in [5, 5.41) is 9.11. The molecule has 0 radical (unpaired) electrons. The van der Waals surface area contributed by atoms with Crippen molar-refractivity contribution in [3.05, 3.63) is 53.6 Å². The van der Waals surface area contributed by atoms with Gasteiger partial charge in [-0.2, -0.15) is 0 Å². The van der Waals surface area contributed by atoms with E-state index in [1.807, 2.05) is 62.7 Å². The number of rotatable bonds is 6. The number of nitrogens with two attached hydrogens (primary N) is 1. The van der Waals surface area contributed by atoms with Gasteiger partial charge in [0.1, 0.15) is 40.9 Å². The largest absolute Gasteiger partial charge is 0.497 e. The minimum Gasteiger partial charge on any atom is -0.497 e. The molecule has 5 rings (SSSR count). The van der Waals surface area contributed by atoms with Gasteiger partial charge in [-0.25, -0.2) is 14.8 Å². The van der Waals surface area contributed by atoms with Crippen LogP contribution in [-0.4, -0.2) is 81.1 Å². The second-order valence-electron chi connectivity index (χ2n) is 11.6. The number of nitrogen functional groups attached to an aromatic ring is 1. The Morgan fingerprint density at radius 2 is 1.84 bits per heavy atom. The van der Waals surface area contributed by atoms with E-state index >= 15 is 0 Å². The van der Waals surface area contributed by atoms with Crippen molar-refractivity contribution in [3.8, 4) is 23.3 Å². The maximum Gasteiger partial charge on any atom is 0.411 e. The number of amides is 1. The van der Waals surface area contributed by atoms with Gasteiger partial charge < -0.3 is 33.8 Å². The van der Waals surface area contributed by atoms with Gasteiger partial charge in [0, 0.05) is 24.4 Å². The molecule has 1 amide bonds.